The van der Waals surface area contributed by atoms with Crippen LogP contribution in [0.15, 0.2) is 39.7 Å². The van der Waals surface area contributed by atoms with Crippen LogP contribution in [-0.4, -0.2) is 21.0 Å². The molecule has 0 unspecified atom stereocenters. The lowest BCUT2D eigenvalue weighted by Gasteiger charge is -2.28. The molecule has 0 bridgehead atoms. The van der Waals surface area contributed by atoms with E-state index in [1.165, 1.54) is 6.26 Å². The van der Waals surface area contributed by atoms with Gasteiger partial charge in [0.05, 0.1) is 12.1 Å². The Balaban J connectivity index is 1.44. The first-order chi connectivity index (χ1) is 12.5. The molecule has 134 valence electrons. The van der Waals surface area contributed by atoms with Gasteiger partial charge in [0, 0.05) is 24.4 Å². The van der Waals surface area contributed by atoms with Crippen LogP contribution >= 0.6 is 0 Å². The first-order valence-corrected chi connectivity index (χ1v) is 8.62. The van der Waals surface area contributed by atoms with E-state index in [-0.39, 0.29) is 17.0 Å². The molecule has 4 rings (SSSR count). The van der Waals surface area contributed by atoms with E-state index in [0.717, 1.165) is 41.8 Å². The topological polar surface area (TPSA) is 94.1 Å². The molecule has 1 N–H and O–H groups in total. The molecule has 0 aliphatic heterocycles. The van der Waals surface area contributed by atoms with Gasteiger partial charge in [0.15, 0.2) is 5.69 Å². The summed E-state index contributed by atoms with van der Waals surface area (Å²) in [5, 5.41) is 6.98. The molecule has 0 fully saturated rings. The van der Waals surface area contributed by atoms with E-state index in [1.54, 1.807) is 18.5 Å². The zero-order chi connectivity index (χ0) is 18.1. The normalized spacial score (nSPS) is 15.5. The van der Waals surface area contributed by atoms with Gasteiger partial charge in [-0.15, -0.1) is 0 Å². The third-order valence-corrected chi connectivity index (χ3v) is 4.70. The predicted octanol–water partition coefficient (Wildman–Crippen LogP) is 3.17. The fourth-order valence-electron chi connectivity index (χ4n) is 3.19. The Labute approximate surface area is 150 Å². The minimum absolute atomic E-state index is 0.224. The number of fused-ring (bicyclic) bond motifs is 1. The Morgan fingerprint density at radius 1 is 1.38 bits per heavy atom. The Morgan fingerprint density at radius 3 is 3.08 bits per heavy atom. The zero-order valence-electron chi connectivity index (χ0n) is 14.8. The number of aryl methyl sites for hydroxylation is 1. The minimum Gasteiger partial charge on any atom is -0.444 e. The van der Waals surface area contributed by atoms with Gasteiger partial charge >= 0.3 is 0 Å². The fourth-order valence-corrected chi connectivity index (χ4v) is 3.19. The van der Waals surface area contributed by atoms with E-state index >= 15 is 0 Å². The highest BCUT2D eigenvalue weighted by Gasteiger charge is 2.30. The average Bonchev–Trinajstić information content (AvgIpc) is 3.27. The molecule has 0 spiro atoms. The molecule has 0 saturated carbocycles. The summed E-state index contributed by atoms with van der Waals surface area (Å²) in [6.07, 6.45) is 7.53. The minimum atomic E-state index is -0.310. The number of hydrogen-bond donors (Lipinski definition) is 1. The fraction of sp³-hybridized carbons (Fsp3) is 0.368. The second kappa shape index (κ2) is 6.40. The summed E-state index contributed by atoms with van der Waals surface area (Å²) >= 11 is 0. The van der Waals surface area contributed by atoms with Crippen LogP contribution in [0.4, 0.5) is 0 Å². The maximum absolute atomic E-state index is 12.4. The first-order valence-electron chi connectivity index (χ1n) is 8.62. The smallest absolute Gasteiger partial charge is 0.273 e. The van der Waals surface area contributed by atoms with Crippen molar-refractivity contribution in [1.29, 1.82) is 0 Å². The molecular formula is C19H20N4O3. The highest BCUT2D eigenvalue weighted by molar-refractivity contribution is 5.92. The summed E-state index contributed by atoms with van der Waals surface area (Å²) in [5.41, 5.74) is 3.08. The number of carbonyl (C=O) groups excluding carboxylic acids is 1. The molecule has 0 saturated heterocycles. The number of oxazole rings is 1. The standard InChI is InChI=1S/C19H20N4O3/c1-19(2)6-5-16-13(8-19)14(23-26-16)10-21-17(24)15-11-25-18(22-15)12-4-3-7-20-9-12/h3-4,7,9,11H,5-6,8,10H2,1-2H3,(H,21,24). The lowest BCUT2D eigenvalue weighted by Crippen LogP contribution is -2.26. The number of carbonyl (C=O) groups is 1. The molecule has 0 atom stereocenters. The summed E-state index contributed by atoms with van der Waals surface area (Å²) < 4.78 is 10.8. The Hall–Kier alpha value is -2.96. The number of rotatable bonds is 4. The molecule has 1 aliphatic carbocycles. The van der Waals surface area contributed by atoms with Crippen molar-refractivity contribution in [3.05, 3.63) is 53.5 Å². The van der Waals surface area contributed by atoms with Gasteiger partial charge in [-0.3, -0.25) is 9.78 Å². The van der Waals surface area contributed by atoms with E-state index in [9.17, 15) is 4.79 Å². The van der Waals surface area contributed by atoms with E-state index in [0.29, 0.717) is 12.4 Å². The third-order valence-electron chi connectivity index (χ3n) is 4.70. The quantitative estimate of drug-likeness (QED) is 0.775. The van der Waals surface area contributed by atoms with Crippen LogP contribution in [0.5, 0.6) is 0 Å². The van der Waals surface area contributed by atoms with Gasteiger partial charge in [0.1, 0.15) is 17.7 Å². The van der Waals surface area contributed by atoms with Crippen LogP contribution in [-0.2, 0) is 19.4 Å². The van der Waals surface area contributed by atoms with Crippen molar-refractivity contribution in [2.75, 3.05) is 0 Å². The van der Waals surface area contributed by atoms with Gasteiger partial charge in [-0.05, 0) is 30.4 Å². The molecular weight excluding hydrogens is 332 g/mol. The number of nitrogens with zero attached hydrogens (tertiary/aromatic N) is 3. The number of aromatic nitrogens is 3. The van der Waals surface area contributed by atoms with E-state index < -0.39 is 0 Å². The second-order valence-electron chi connectivity index (χ2n) is 7.33. The average molecular weight is 352 g/mol. The van der Waals surface area contributed by atoms with Crippen molar-refractivity contribution in [3.8, 4) is 11.5 Å². The Kier molecular flexibility index (Phi) is 4.06. The number of pyridine rings is 1. The number of nitrogens with one attached hydrogen (secondary N) is 1. The third kappa shape index (κ3) is 3.24. The van der Waals surface area contributed by atoms with Gasteiger partial charge in [0.25, 0.3) is 5.91 Å². The summed E-state index contributed by atoms with van der Waals surface area (Å²) in [5.74, 6) is 0.994. The van der Waals surface area contributed by atoms with Gasteiger partial charge in [-0.25, -0.2) is 4.98 Å². The molecule has 3 aromatic rings. The van der Waals surface area contributed by atoms with Gasteiger partial charge < -0.3 is 14.3 Å². The van der Waals surface area contributed by atoms with E-state index in [1.807, 2.05) is 6.07 Å². The molecule has 0 aromatic carbocycles. The first kappa shape index (κ1) is 16.5. The number of hydrogen-bond acceptors (Lipinski definition) is 6. The highest BCUT2D eigenvalue weighted by Crippen LogP contribution is 2.36. The van der Waals surface area contributed by atoms with E-state index in [4.69, 9.17) is 8.94 Å². The molecule has 1 aliphatic rings. The number of amides is 1. The monoisotopic (exact) mass is 352 g/mol. The van der Waals surface area contributed by atoms with Crippen molar-refractivity contribution in [2.45, 2.75) is 39.7 Å². The van der Waals surface area contributed by atoms with Crippen LogP contribution in [0, 0.1) is 5.41 Å². The molecule has 26 heavy (non-hydrogen) atoms. The summed E-state index contributed by atoms with van der Waals surface area (Å²) in [6, 6.07) is 3.61. The van der Waals surface area contributed by atoms with Crippen molar-refractivity contribution in [3.63, 3.8) is 0 Å². The maximum atomic E-state index is 12.4. The molecule has 3 aromatic heterocycles. The van der Waals surface area contributed by atoms with Crippen LogP contribution in [0.1, 0.15) is 47.8 Å². The molecule has 1 amide bonds. The second-order valence-corrected chi connectivity index (χ2v) is 7.33. The van der Waals surface area contributed by atoms with Gasteiger partial charge in [-0.1, -0.05) is 19.0 Å². The van der Waals surface area contributed by atoms with Crippen LogP contribution in [0.2, 0.25) is 0 Å². The largest absolute Gasteiger partial charge is 0.444 e. The van der Waals surface area contributed by atoms with Crippen LogP contribution < -0.4 is 5.32 Å². The predicted molar refractivity (Wildman–Crippen MR) is 93.2 cm³/mol. The van der Waals surface area contributed by atoms with Crippen molar-refractivity contribution >= 4 is 5.91 Å². The van der Waals surface area contributed by atoms with Crippen LogP contribution in [0.3, 0.4) is 0 Å². The Bertz CT molecular complexity index is 927. The van der Waals surface area contributed by atoms with Crippen molar-refractivity contribution in [1.82, 2.24) is 20.4 Å². The highest BCUT2D eigenvalue weighted by atomic mass is 16.5. The zero-order valence-corrected chi connectivity index (χ0v) is 14.8. The lowest BCUT2D eigenvalue weighted by atomic mass is 9.76. The van der Waals surface area contributed by atoms with Crippen molar-refractivity contribution in [2.24, 2.45) is 5.41 Å². The molecule has 7 heteroatoms. The molecule has 3 heterocycles. The molecule has 7 nitrogen and oxygen atoms in total. The van der Waals surface area contributed by atoms with Crippen LogP contribution in [0.25, 0.3) is 11.5 Å². The SMILES string of the molecule is CC1(C)CCc2onc(CNC(=O)c3coc(-c4cccnc4)n3)c2C1. The lowest BCUT2D eigenvalue weighted by molar-refractivity contribution is 0.0945. The molecule has 0 radical (unpaired) electrons. The summed E-state index contributed by atoms with van der Waals surface area (Å²) in [4.78, 5) is 20.6. The van der Waals surface area contributed by atoms with Crippen molar-refractivity contribution < 1.29 is 13.7 Å². The summed E-state index contributed by atoms with van der Waals surface area (Å²) in [6.45, 7) is 4.78. The van der Waals surface area contributed by atoms with Gasteiger partial charge in [0.2, 0.25) is 5.89 Å². The van der Waals surface area contributed by atoms with Gasteiger partial charge in [-0.2, -0.15) is 0 Å². The summed E-state index contributed by atoms with van der Waals surface area (Å²) in [7, 11) is 0. The maximum Gasteiger partial charge on any atom is 0.273 e. The Morgan fingerprint density at radius 2 is 2.27 bits per heavy atom. The van der Waals surface area contributed by atoms with E-state index in [2.05, 4.69) is 34.3 Å².